The van der Waals surface area contributed by atoms with Crippen LogP contribution in [0.4, 0.5) is 0 Å². The van der Waals surface area contributed by atoms with Gasteiger partial charge in [0.25, 0.3) is 0 Å². The molecule has 0 spiro atoms. The molecule has 0 aromatic carbocycles. The van der Waals surface area contributed by atoms with E-state index in [4.69, 9.17) is 0 Å². The predicted molar refractivity (Wildman–Crippen MR) is 65.8 cm³/mol. The molecule has 1 amide bonds. The Bertz CT molecular complexity index is 187. The van der Waals surface area contributed by atoms with Crippen LogP contribution in [0, 0.1) is 5.92 Å². The highest BCUT2D eigenvalue weighted by Gasteiger charge is 2.24. The van der Waals surface area contributed by atoms with E-state index in [0.717, 1.165) is 12.8 Å². The van der Waals surface area contributed by atoms with Gasteiger partial charge in [-0.3, -0.25) is 4.79 Å². The van der Waals surface area contributed by atoms with Crippen LogP contribution in [0.3, 0.4) is 0 Å². The van der Waals surface area contributed by atoms with Gasteiger partial charge in [0.2, 0.25) is 5.91 Å². The molecule has 0 heterocycles. The van der Waals surface area contributed by atoms with Crippen LogP contribution >= 0.6 is 0 Å². The molecule has 0 aromatic heterocycles. The molecule has 2 nitrogen and oxygen atoms in total. The number of amides is 1. The Labute approximate surface area is 95.0 Å². The Morgan fingerprint density at radius 3 is 2.00 bits per heavy atom. The Morgan fingerprint density at radius 1 is 1.13 bits per heavy atom. The third-order valence-electron chi connectivity index (χ3n) is 2.99. The fourth-order valence-corrected chi connectivity index (χ4v) is 1.76. The topological polar surface area (TPSA) is 20.3 Å². The summed E-state index contributed by atoms with van der Waals surface area (Å²) in [6, 6.07) is 0.654. The van der Waals surface area contributed by atoms with E-state index in [1.54, 1.807) is 0 Å². The van der Waals surface area contributed by atoms with Crippen molar-refractivity contribution in [3.8, 4) is 0 Å². The minimum atomic E-state index is 0.312. The molecular formula is C13H27NO. The largest absolute Gasteiger partial charge is 0.337 e. The number of unbranched alkanes of at least 4 members (excludes halogenated alkanes) is 1. The molecule has 0 N–H and O–H groups in total. The average molecular weight is 213 g/mol. The number of rotatable bonds is 6. The second-order valence-electron chi connectivity index (χ2n) is 4.98. The average Bonchev–Trinajstić information content (AvgIpc) is 2.14. The predicted octanol–water partition coefficient (Wildman–Crippen LogP) is 3.46. The van der Waals surface area contributed by atoms with Gasteiger partial charge in [-0.2, -0.15) is 0 Å². The van der Waals surface area contributed by atoms with Crippen LogP contribution in [0.15, 0.2) is 0 Å². The van der Waals surface area contributed by atoms with Gasteiger partial charge in [-0.05, 0) is 33.1 Å². The Kier molecular flexibility index (Phi) is 6.62. The van der Waals surface area contributed by atoms with Crippen LogP contribution in [0.5, 0.6) is 0 Å². The van der Waals surface area contributed by atoms with Crippen LogP contribution in [-0.2, 0) is 4.79 Å². The maximum absolute atomic E-state index is 12.0. The Morgan fingerprint density at radius 2 is 1.67 bits per heavy atom. The molecule has 0 fully saturated rings. The number of nitrogens with zero attached hydrogens (tertiary/aromatic N) is 1. The van der Waals surface area contributed by atoms with Crippen LogP contribution in [-0.4, -0.2) is 22.9 Å². The quantitative estimate of drug-likeness (QED) is 0.661. The normalized spacial score (nSPS) is 13.3. The zero-order valence-electron chi connectivity index (χ0n) is 11.2. The van der Waals surface area contributed by atoms with Crippen LogP contribution < -0.4 is 0 Å². The lowest BCUT2D eigenvalue weighted by Gasteiger charge is -2.35. The number of hydrogen-bond donors (Lipinski definition) is 0. The summed E-state index contributed by atoms with van der Waals surface area (Å²) < 4.78 is 0. The monoisotopic (exact) mass is 213 g/mol. The van der Waals surface area contributed by atoms with E-state index in [1.807, 2.05) is 4.90 Å². The molecule has 0 aromatic rings. The maximum atomic E-state index is 12.0. The van der Waals surface area contributed by atoms with E-state index in [2.05, 4.69) is 41.5 Å². The summed E-state index contributed by atoms with van der Waals surface area (Å²) in [5.74, 6) is 0.839. The van der Waals surface area contributed by atoms with Crippen molar-refractivity contribution >= 4 is 5.91 Å². The molecular weight excluding hydrogens is 186 g/mol. The van der Waals surface area contributed by atoms with Gasteiger partial charge in [0.05, 0.1) is 0 Å². The lowest BCUT2D eigenvalue weighted by Crippen LogP contribution is -2.45. The van der Waals surface area contributed by atoms with Crippen molar-refractivity contribution in [1.29, 1.82) is 0 Å². The van der Waals surface area contributed by atoms with Gasteiger partial charge in [-0.25, -0.2) is 0 Å². The molecule has 0 saturated carbocycles. The smallest absolute Gasteiger partial charge is 0.223 e. The first kappa shape index (κ1) is 14.5. The second-order valence-corrected chi connectivity index (χ2v) is 4.98. The second kappa shape index (κ2) is 6.86. The molecule has 0 aliphatic carbocycles. The lowest BCUT2D eigenvalue weighted by molar-refractivity contribution is -0.136. The van der Waals surface area contributed by atoms with Crippen molar-refractivity contribution in [2.45, 2.75) is 72.9 Å². The van der Waals surface area contributed by atoms with Gasteiger partial charge in [-0.1, -0.05) is 27.2 Å². The van der Waals surface area contributed by atoms with Gasteiger partial charge in [0, 0.05) is 18.5 Å². The van der Waals surface area contributed by atoms with Crippen molar-refractivity contribution < 1.29 is 4.79 Å². The van der Waals surface area contributed by atoms with Crippen molar-refractivity contribution in [3.63, 3.8) is 0 Å². The van der Waals surface area contributed by atoms with E-state index in [1.165, 1.54) is 0 Å². The summed E-state index contributed by atoms with van der Waals surface area (Å²) in [4.78, 5) is 14.1. The van der Waals surface area contributed by atoms with Gasteiger partial charge >= 0.3 is 0 Å². The molecule has 90 valence electrons. The molecule has 0 aliphatic heterocycles. The Hall–Kier alpha value is -0.530. The van der Waals surface area contributed by atoms with Crippen molar-refractivity contribution in [2.24, 2.45) is 5.92 Å². The fourth-order valence-electron chi connectivity index (χ4n) is 1.76. The Balaban J connectivity index is 4.45. The SMILES string of the molecule is CCCCC(=O)N(C(C)C)C(C)C(C)C. The van der Waals surface area contributed by atoms with Crippen LogP contribution in [0.2, 0.25) is 0 Å². The molecule has 1 unspecified atom stereocenters. The molecule has 0 saturated heterocycles. The first-order chi connectivity index (χ1) is 6.91. The van der Waals surface area contributed by atoms with Crippen LogP contribution in [0.25, 0.3) is 0 Å². The zero-order valence-corrected chi connectivity index (χ0v) is 11.2. The maximum Gasteiger partial charge on any atom is 0.223 e. The van der Waals surface area contributed by atoms with Crippen LogP contribution in [0.1, 0.15) is 60.8 Å². The van der Waals surface area contributed by atoms with Gasteiger partial charge in [0.15, 0.2) is 0 Å². The van der Waals surface area contributed by atoms with E-state index in [0.29, 0.717) is 30.3 Å². The van der Waals surface area contributed by atoms with E-state index < -0.39 is 0 Å². The molecule has 0 aliphatic rings. The molecule has 0 bridgehead atoms. The minimum Gasteiger partial charge on any atom is -0.337 e. The van der Waals surface area contributed by atoms with Crippen molar-refractivity contribution in [2.75, 3.05) is 0 Å². The van der Waals surface area contributed by atoms with Crippen molar-refractivity contribution in [1.82, 2.24) is 4.90 Å². The summed E-state index contributed by atoms with van der Waals surface area (Å²) in [6.07, 6.45) is 2.80. The summed E-state index contributed by atoms with van der Waals surface area (Å²) >= 11 is 0. The molecule has 0 rings (SSSR count). The number of hydrogen-bond acceptors (Lipinski definition) is 1. The zero-order chi connectivity index (χ0) is 12.0. The minimum absolute atomic E-state index is 0.312. The number of carbonyl (C=O) groups is 1. The molecule has 2 heteroatoms. The highest BCUT2D eigenvalue weighted by molar-refractivity contribution is 5.76. The van der Waals surface area contributed by atoms with Gasteiger partial charge in [0.1, 0.15) is 0 Å². The fraction of sp³-hybridized carbons (Fsp3) is 0.923. The first-order valence-corrected chi connectivity index (χ1v) is 6.22. The lowest BCUT2D eigenvalue weighted by atomic mass is 10.0. The standard InChI is InChI=1S/C13H27NO/c1-7-8-9-13(15)14(11(4)5)12(6)10(2)3/h10-12H,7-9H2,1-6H3. The molecule has 1 atom stereocenters. The third-order valence-corrected chi connectivity index (χ3v) is 2.99. The highest BCUT2D eigenvalue weighted by Crippen LogP contribution is 2.16. The summed E-state index contributed by atoms with van der Waals surface area (Å²) in [5.41, 5.74) is 0. The number of carbonyl (C=O) groups excluding carboxylic acids is 1. The third kappa shape index (κ3) is 4.67. The van der Waals surface area contributed by atoms with Crippen molar-refractivity contribution in [3.05, 3.63) is 0 Å². The van der Waals surface area contributed by atoms with E-state index >= 15 is 0 Å². The van der Waals surface area contributed by atoms with Gasteiger partial charge < -0.3 is 4.90 Å². The first-order valence-electron chi connectivity index (χ1n) is 6.22. The molecule has 15 heavy (non-hydrogen) atoms. The van der Waals surface area contributed by atoms with Gasteiger partial charge in [-0.15, -0.1) is 0 Å². The van der Waals surface area contributed by atoms with E-state index in [-0.39, 0.29) is 0 Å². The van der Waals surface area contributed by atoms with E-state index in [9.17, 15) is 4.79 Å². The summed E-state index contributed by atoms with van der Waals surface area (Å²) in [7, 11) is 0. The summed E-state index contributed by atoms with van der Waals surface area (Å²) in [6.45, 7) is 12.8. The summed E-state index contributed by atoms with van der Waals surface area (Å²) in [5, 5.41) is 0. The molecule has 0 radical (unpaired) electrons. The highest BCUT2D eigenvalue weighted by atomic mass is 16.2.